The van der Waals surface area contributed by atoms with E-state index in [4.69, 9.17) is 4.74 Å². The third-order valence-corrected chi connectivity index (χ3v) is 8.22. The minimum Gasteiger partial charge on any atom is -0.457 e. The second kappa shape index (κ2) is 10.1. The van der Waals surface area contributed by atoms with Crippen molar-refractivity contribution in [2.45, 2.75) is 31.6 Å². The fourth-order valence-electron chi connectivity index (χ4n) is 4.46. The number of aromatic nitrogens is 1. The highest BCUT2D eigenvalue weighted by atomic mass is 32.2. The summed E-state index contributed by atoms with van der Waals surface area (Å²) in [7, 11) is -3.60. The zero-order valence-electron chi connectivity index (χ0n) is 19.6. The zero-order chi connectivity index (χ0) is 25.2. The molecule has 7 nitrogen and oxygen atoms in total. The second-order valence-corrected chi connectivity index (χ2v) is 10.6. The summed E-state index contributed by atoms with van der Waals surface area (Å²) >= 11 is 0. The Bertz CT molecular complexity index is 1340. The largest absolute Gasteiger partial charge is 0.457 e. The smallest absolute Gasteiger partial charge is 0.309 e. The maximum atomic E-state index is 13.7. The molecule has 184 valence electrons. The number of halogens is 1. The summed E-state index contributed by atoms with van der Waals surface area (Å²) in [5.41, 5.74) is 2.40. The first-order valence-corrected chi connectivity index (χ1v) is 12.8. The molecule has 0 bridgehead atoms. The van der Waals surface area contributed by atoms with Crippen LogP contribution in [0, 0.1) is 25.6 Å². The van der Waals surface area contributed by atoms with Crippen molar-refractivity contribution in [1.29, 1.82) is 0 Å². The van der Waals surface area contributed by atoms with Gasteiger partial charge in [-0.1, -0.05) is 24.3 Å². The molecule has 1 aliphatic heterocycles. The molecule has 35 heavy (non-hydrogen) atoms. The standard InChI is InChI=1S/C26H27FN2O5S/c1-18-15-24(19(2)29(18)22-8-6-7-21(27)16-22)25(30)17-34-26(31)20-11-13-28(14-12-20)35(32,33)23-9-4-3-5-10-23/h3-10,15-16,20H,11-14,17H2,1-2H3. The zero-order valence-corrected chi connectivity index (χ0v) is 20.4. The van der Waals surface area contributed by atoms with Crippen LogP contribution in [0.2, 0.25) is 0 Å². The van der Waals surface area contributed by atoms with Crippen molar-refractivity contribution < 1.29 is 27.1 Å². The summed E-state index contributed by atoms with van der Waals surface area (Å²) in [5, 5.41) is 0. The van der Waals surface area contributed by atoms with E-state index >= 15 is 0 Å². The molecule has 0 saturated carbocycles. The van der Waals surface area contributed by atoms with Gasteiger partial charge in [0.2, 0.25) is 15.8 Å². The van der Waals surface area contributed by atoms with E-state index in [0.717, 1.165) is 5.69 Å². The summed E-state index contributed by atoms with van der Waals surface area (Å²) < 4.78 is 47.6. The number of carbonyl (C=O) groups is 2. The van der Waals surface area contributed by atoms with E-state index < -0.39 is 28.5 Å². The summed E-state index contributed by atoms with van der Waals surface area (Å²) in [6.07, 6.45) is 0.653. The quantitative estimate of drug-likeness (QED) is 0.362. The number of piperidine rings is 1. The van der Waals surface area contributed by atoms with Gasteiger partial charge in [-0.25, -0.2) is 12.8 Å². The maximum absolute atomic E-state index is 13.7. The van der Waals surface area contributed by atoms with Crippen molar-refractivity contribution in [3.63, 3.8) is 0 Å². The van der Waals surface area contributed by atoms with Gasteiger partial charge < -0.3 is 9.30 Å². The molecule has 0 atom stereocenters. The lowest BCUT2D eigenvalue weighted by atomic mass is 9.98. The second-order valence-electron chi connectivity index (χ2n) is 8.62. The SMILES string of the molecule is Cc1cc(C(=O)COC(=O)C2CCN(S(=O)(=O)c3ccccc3)CC2)c(C)n1-c1cccc(F)c1. The van der Waals surface area contributed by atoms with Crippen LogP contribution in [0.1, 0.15) is 34.6 Å². The average molecular weight is 499 g/mol. The molecule has 0 aliphatic carbocycles. The molecule has 1 aliphatic rings. The van der Waals surface area contributed by atoms with Crippen LogP contribution in [0.4, 0.5) is 4.39 Å². The van der Waals surface area contributed by atoms with Gasteiger partial charge in [0.05, 0.1) is 10.8 Å². The number of hydrogen-bond donors (Lipinski definition) is 0. The lowest BCUT2D eigenvalue weighted by molar-refractivity contribution is -0.148. The van der Waals surface area contributed by atoms with Crippen molar-refractivity contribution in [1.82, 2.24) is 8.87 Å². The highest BCUT2D eigenvalue weighted by Gasteiger charge is 2.33. The third-order valence-electron chi connectivity index (χ3n) is 6.31. The Morgan fingerprint density at radius 3 is 2.34 bits per heavy atom. The number of hydrogen-bond acceptors (Lipinski definition) is 5. The number of ether oxygens (including phenoxy) is 1. The minimum absolute atomic E-state index is 0.208. The van der Waals surface area contributed by atoms with Crippen LogP contribution < -0.4 is 0 Å². The summed E-state index contributed by atoms with van der Waals surface area (Å²) in [4.78, 5) is 25.6. The normalized spacial score (nSPS) is 15.2. The molecule has 9 heteroatoms. The van der Waals surface area contributed by atoms with E-state index in [1.54, 1.807) is 60.0 Å². The van der Waals surface area contributed by atoms with Gasteiger partial charge in [-0.3, -0.25) is 9.59 Å². The average Bonchev–Trinajstić information content (AvgIpc) is 3.16. The van der Waals surface area contributed by atoms with Crippen molar-refractivity contribution in [3.8, 4) is 5.69 Å². The molecule has 4 rings (SSSR count). The first-order valence-electron chi connectivity index (χ1n) is 11.4. The summed E-state index contributed by atoms with van der Waals surface area (Å²) in [6.45, 7) is 3.59. The minimum atomic E-state index is -3.60. The number of nitrogens with zero attached hydrogens (tertiary/aromatic N) is 2. The Kier molecular flexibility index (Phi) is 7.18. The number of esters is 1. The number of sulfonamides is 1. The Balaban J connectivity index is 1.35. The molecule has 1 fully saturated rings. The number of benzene rings is 2. The Morgan fingerprint density at radius 2 is 1.69 bits per heavy atom. The van der Waals surface area contributed by atoms with E-state index in [1.807, 2.05) is 6.92 Å². The van der Waals surface area contributed by atoms with Gasteiger partial charge in [0.1, 0.15) is 5.82 Å². The number of rotatable bonds is 7. The van der Waals surface area contributed by atoms with Gasteiger partial charge in [0.25, 0.3) is 0 Å². The van der Waals surface area contributed by atoms with Gasteiger partial charge in [0.15, 0.2) is 6.61 Å². The van der Waals surface area contributed by atoms with Crippen molar-refractivity contribution in [2.75, 3.05) is 19.7 Å². The Morgan fingerprint density at radius 1 is 1.00 bits per heavy atom. The van der Waals surface area contributed by atoms with E-state index in [0.29, 0.717) is 29.8 Å². The molecule has 2 heterocycles. The molecule has 1 saturated heterocycles. The number of ketones is 1. The Hall–Kier alpha value is -3.30. The lowest BCUT2D eigenvalue weighted by Crippen LogP contribution is -2.40. The van der Waals surface area contributed by atoms with Gasteiger partial charge >= 0.3 is 5.97 Å². The van der Waals surface area contributed by atoms with Crippen LogP contribution in [0.25, 0.3) is 5.69 Å². The van der Waals surface area contributed by atoms with E-state index in [1.165, 1.54) is 16.4 Å². The highest BCUT2D eigenvalue weighted by molar-refractivity contribution is 7.89. The first-order chi connectivity index (χ1) is 16.7. The van der Waals surface area contributed by atoms with Crippen LogP contribution >= 0.6 is 0 Å². The van der Waals surface area contributed by atoms with Crippen molar-refractivity contribution in [2.24, 2.45) is 5.92 Å². The van der Waals surface area contributed by atoms with Gasteiger partial charge in [0, 0.05) is 35.7 Å². The molecule has 0 spiro atoms. The molecule has 0 amide bonds. The van der Waals surface area contributed by atoms with Crippen molar-refractivity contribution >= 4 is 21.8 Å². The maximum Gasteiger partial charge on any atom is 0.309 e. The lowest BCUT2D eigenvalue weighted by Gasteiger charge is -2.30. The predicted octanol–water partition coefficient (Wildman–Crippen LogP) is 4.06. The highest BCUT2D eigenvalue weighted by Crippen LogP contribution is 2.25. The number of aryl methyl sites for hydroxylation is 1. The van der Waals surface area contributed by atoms with Crippen LogP contribution in [0.3, 0.4) is 0 Å². The van der Waals surface area contributed by atoms with Gasteiger partial charge in [-0.2, -0.15) is 4.31 Å². The summed E-state index contributed by atoms with van der Waals surface area (Å²) in [6, 6.07) is 16.0. The van der Waals surface area contributed by atoms with E-state index in [2.05, 4.69) is 0 Å². The fraction of sp³-hybridized carbons (Fsp3) is 0.308. The molecule has 1 aromatic heterocycles. The number of Topliss-reactive ketones (excluding diaryl/α,β-unsaturated/α-hetero) is 1. The topological polar surface area (TPSA) is 85.7 Å². The Labute approximate surface area is 204 Å². The molecule has 0 unspecified atom stereocenters. The van der Waals surface area contributed by atoms with Crippen LogP contribution in [0.5, 0.6) is 0 Å². The molecule has 0 radical (unpaired) electrons. The van der Waals surface area contributed by atoms with Crippen LogP contribution in [0.15, 0.2) is 65.6 Å². The molecule has 2 aromatic carbocycles. The van der Waals surface area contributed by atoms with Crippen molar-refractivity contribution in [3.05, 3.63) is 83.4 Å². The van der Waals surface area contributed by atoms with E-state index in [-0.39, 0.29) is 29.6 Å². The molecular weight excluding hydrogens is 471 g/mol. The monoisotopic (exact) mass is 498 g/mol. The molecular formula is C26H27FN2O5S. The summed E-state index contributed by atoms with van der Waals surface area (Å²) in [5.74, 6) is -1.70. The van der Waals surface area contributed by atoms with Gasteiger partial charge in [-0.05, 0) is 63.1 Å². The van der Waals surface area contributed by atoms with Crippen LogP contribution in [-0.2, 0) is 19.6 Å². The number of carbonyl (C=O) groups excluding carboxylic acids is 2. The van der Waals surface area contributed by atoms with E-state index in [9.17, 15) is 22.4 Å². The molecule has 0 N–H and O–H groups in total. The predicted molar refractivity (Wildman–Crippen MR) is 128 cm³/mol. The van der Waals surface area contributed by atoms with Crippen LogP contribution in [-0.4, -0.2) is 48.7 Å². The van der Waals surface area contributed by atoms with Gasteiger partial charge in [-0.15, -0.1) is 0 Å². The fourth-order valence-corrected chi connectivity index (χ4v) is 5.95. The first kappa shape index (κ1) is 24.8. The third kappa shape index (κ3) is 5.21. The molecule has 3 aromatic rings.